The van der Waals surface area contributed by atoms with Crippen molar-refractivity contribution in [2.45, 2.75) is 32.6 Å². The number of hydrogen-bond donors (Lipinski definition) is 1. The zero-order chi connectivity index (χ0) is 18.1. The topological polar surface area (TPSA) is 58.6 Å². The molecule has 134 valence electrons. The number of nitrogens with one attached hydrogen (secondary N) is 1. The predicted molar refractivity (Wildman–Crippen MR) is 101 cm³/mol. The molecular weight excluding hydrogens is 328 g/mol. The highest BCUT2D eigenvalue weighted by atomic mass is 16.5. The van der Waals surface area contributed by atoms with Crippen LogP contribution in [0, 0.1) is 0 Å². The number of ether oxygens (including phenoxy) is 1. The van der Waals surface area contributed by atoms with Gasteiger partial charge in [-0.05, 0) is 73.7 Å². The monoisotopic (exact) mass is 350 g/mol. The van der Waals surface area contributed by atoms with Crippen LogP contribution in [0.2, 0.25) is 0 Å². The van der Waals surface area contributed by atoms with Crippen molar-refractivity contribution in [2.75, 3.05) is 23.4 Å². The summed E-state index contributed by atoms with van der Waals surface area (Å²) in [6.45, 7) is 3.34. The van der Waals surface area contributed by atoms with Crippen molar-refractivity contribution in [1.29, 1.82) is 0 Å². The molecule has 0 bridgehead atoms. The molecule has 0 aliphatic carbocycles. The van der Waals surface area contributed by atoms with Crippen molar-refractivity contribution in [3.05, 3.63) is 53.1 Å². The standard InChI is InChI=1S/C21H22N2O3/c1-2-26-18-8-6-17(7-9-18)22-21(25)16-12-14-4-3-11-23-19(24)10-5-15(13-16)20(14)23/h6-9,12-13H,2-5,10-11H2,1H3,(H,22,25). The summed E-state index contributed by atoms with van der Waals surface area (Å²) < 4.78 is 5.42. The van der Waals surface area contributed by atoms with Gasteiger partial charge in [-0.2, -0.15) is 0 Å². The summed E-state index contributed by atoms with van der Waals surface area (Å²) in [6, 6.07) is 11.2. The average molecular weight is 350 g/mol. The Kier molecular flexibility index (Phi) is 4.37. The lowest BCUT2D eigenvalue weighted by atomic mass is 9.89. The van der Waals surface area contributed by atoms with E-state index in [4.69, 9.17) is 4.74 Å². The third-order valence-corrected chi connectivity index (χ3v) is 4.96. The van der Waals surface area contributed by atoms with Gasteiger partial charge in [-0.1, -0.05) is 0 Å². The number of carbonyl (C=O) groups is 2. The fourth-order valence-electron chi connectivity index (χ4n) is 3.79. The van der Waals surface area contributed by atoms with E-state index in [-0.39, 0.29) is 11.8 Å². The maximum Gasteiger partial charge on any atom is 0.255 e. The largest absolute Gasteiger partial charge is 0.494 e. The maximum absolute atomic E-state index is 12.7. The van der Waals surface area contributed by atoms with Gasteiger partial charge in [0.2, 0.25) is 5.91 Å². The van der Waals surface area contributed by atoms with E-state index < -0.39 is 0 Å². The third kappa shape index (κ3) is 3.05. The molecule has 0 spiro atoms. The van der Waals surface area contributed by atoms with Gasteiger partial charge in [0, 0.05) is 24.2 Å². The van der Waals surface area contributed by atoms with Crippen molar-refractivity contribution >= 4 is 23.2 Å². The quantitative estimate of drug-likeness (QED) is 0.917. The number of aryl methyl sites for hydroxylation is 2. The first-order valence-corrected chi connectivity index (χ1v) is 9.16. The molecule has 5 nitrogen and oxygen atoms in total. The van der Waals surface area contributed by atoms with E-state index in [9.17, 15) is 9.59 Å². The van der Waals surface area contributed by atoms with Gasteiger partial charge in [0.05, 0.1) is 12.3 Å². The van der Waals surface area contributed by atoms with Gasteiger partial charge in [0.25, 0.3) is 5.91 Å². The Morgan fingerprint density at radius 1 is 1.12 bits per heavy atom. The summed E-state index contributed by atoms with van der Waals surface area (Å²) in [7, 11) is 0. The number of nitrogens with zero attached hydrogens (tertiary/aromatic N) is 1. The molecule has 2 amide bonds. The van der Waals surface area contributed by atoms with E-state index in [2.05, 4.69) is 5.32 Å². The molecule has 4 rings (SSSR count). The van der Waals surface area contributed by atoms with Crippen LogP contribution in [0.1, 0.15) is 41.3 Å². The van der Waals surface area contributed by atoms with Crippen molar-refractivity contribution < 1.29 is 14.3 Å². The number of anilines is 2. The van der Waals surface area contributed by atoms with Crippen LogP contribution in [0.3, 0.4) is 0 Å². The highest BCUT2D eigenvalue weighted by molar-refractivity contribution is 6.06. The third-order valence-electron chi connectivity index (χ3n) is 4.96. The molecule has 0 fully saturated rings. The number of amides is 2. The van der Waals surface area contributed by atoms with E-state index in [1.807, 2.05) is 48.2 Å². The second kappa shape index (κ2) is 6.83. The van der Waals surface area contributed by atoms with Crippen LogP contribution < -0.4 is 15.0 Å². The zero-order valence-corrected chi connectivity index (χ0v) is 14.9. The van der Waals surface area contributed by atoms with Crippen molar-refractivity contribution in [3.63, 3.8) is 0 Å². The van der Waals surface area contributed by atoms with Gasteiger partial charge >= 0.3 is 0 Å². The Morgan fingerprint density at radius 3 is 2.58 bits per heavy atom. The Hall–Kier alpha value is -2.82. The minimum Gasteiger partial charge on any atom is -0.494 e. The lowest BCUT2D eigenvalue weighted by Gasteiger charge is -2.35. The molecule has 2 aliphatic heterocycles. The first-order chi connectivity index (χ1) is 12.7. The number of rotatable bonds is 4. The van der Waals surface area contributed by atoms with E-state index in [1.165, 1.54) is 0 Å². The predicted octanol–water partition coefficient (Wildman–Crippen LogP) is 3.56. The second-order valence-corrected chi connectivity index (χ2v) is 6.70. The lowest BCUT2D eigenvalue weighted by molar-refractivity contribution is -0.119. The Morgan fingerprint density at radius 2 is 1.85 bits per heavy atom. The summed E-state index contributed by atoms with van der Waals surface area (Å²) in [6.07, 6.45) is 3.09. The number of carbonyl (C=O) groups excluding carboxylic acids is 2. The second-order valence-electron chi connectivity index (χ2n) is 6.70. The lowest BCUT2D eigenvalue weighted by Crippen LogP contribution is -2.39. The Labute approximate surface area is 153 Å². The average Bonchev–Trinajstić information content (AvgIpc) is 2.66. The van der Waals surface area contributed by atoms with Crippen molar-refractivity contribution in [3.8, 4) is 5.75 Å². The first kappa shape index (κ1) is 16.6. The number of benzene rings is 2. The molecule has 2 aromatic carbocycles. The fourth-order valence-corrected chi connectivity index (χ4v) is 3.79. The summed E-state index contributed by atoms with van der Waals surface area (Å²) in [5.74, 6) is 0.862. The molecule has 2 heterocycles. The van der Waals surface area contributed by atoms with Crippen molar-refractivity contribution in [2.24, 2.45) is 0 Å². The molecular formula is C21H22N2O3. The van der Waals surface area contributed by atoms with Gasteiger partial charge in [-0.25, -0.2) is 0 Å². The molecule has 0 unspecified atom stereocenters. The molecule has 0 radical (unpaired) electrons. The molecule has 26 heavy (non-hydrogen) atoms. The molecule has 2 aromatic rings. The van der Waals surface area contributed by atoms with Crippen LogP contribution >= 0.6 is 0 Å². The summed E-state index contributed by atoms with van der Waals surface area (Å²) in [5, 5.41) is 2.95. The van der Waals surface area contributed by atoms with E-state index in [0.29, 0.717) is 25.0 Å². The first-order valence-electron chi connectivity index (χ1n) is 9.16. The van der Waals surface area contributed by atoms with Crippen LogP contribution in [0.15, 0.2) is 36.4 Å². The number of hydrogen-bond acceptors (Lipinski definition) is 3. The van der Waals surface area contributed by atoms with E-state index in [1.54, 1.807) is 0 Å². The molecule has 2 aliphatic rings. The highest BCUT2D eigenvalue weighted by Crippen LogP contribution is 2.36. The molecule has 0 saturated carbocycles. The summed E-state index contributed by atoms with van der Waals surface area (Å²) >= 11 is 0. The Bertz CT molecular complexity index is 841. The molecule has 5 heteroatoms. The van der Waals surface area contributed by atoms with Gasteiger partial charge in [0.15, 0.2) is 0 Å². The summed E-state index contributed by atoms with van der Waals surface area (Å²) in [4.78, 5) is 26.8. The fraction of sp³-hybridized carbons (Fsp3) is 0.333. The smallest absolute Gasteiger partial charge is 0.255 e. The normalized spacial score (nSPS) is 15.4. The van der Waals surface area contributed by atoms with Crippen LogP contribution in [-0.4, -0.2) is 25.0 Å². The van der Waals surface area contributed by atoms with Crippen LogP contribution in [0.4, 0.5) is 11.4 Å². The van der Waals surface area contributed by atoms with E-state index >= 15 is 0 Å². The molecule has 0 atom stereocenters. The SMILES string of the molecule is CCOc1ccc(NC(=O)c2cc3c4c(c2)CCC(=O)N4CCC3)cc1. The molecule has 1 N–H and O–H groups in total. The minimum atomic E-state index is -0.123. The summed E-state index contributed by atoms with van der Waals surface area (Å²) in [5.41, 5.74) is 4.66. The van der Waals surface area contributed by atoms with E-state index in [0.717, 1.165) is 47.6 Å². The maximum atomic E-state index is 12.7. The minimum absolute atomic E-state index is 0.123. The van der Waals surface area contributed by atoms with Gasteiger partial charge in [-0.15, -0.1) is 0 Å². The van der Waals surface area contributed by atoms with Crippen LogP contribution in [0.5, 0.6) is 5.75 Å². The molecule has 0 aromatic heterocycles. The van der Waals surface area contributed by atoms with Crippen LogP contribution in [0.25, 0.3) is 0 Å². The zero-order valence-electron chi connectivity index (χ0n) is 14.9. The van der Waals surface area contributed by atoms with Crippen LogP contribution in [-0.2, 0) is 17.6 Å². The van der Waals surface area contributed by atoms with Gasteiger partial charge < -0.3 is 15.0 Å². The van der Waals surface area contributed by atoms with Gasteiger partial charge in [-0.3, -0.25) is 9.59 Å². The highest BCUT2D eigenvalue weighted by Gasteiger charge is 2.30. The molecule has 0 saturated heterocycles. The Balaban J connectivity index is 1.58. The van der Waals surface area contributed by atoms with Gasteiger partial charge in [0.1, 0.15) is 5.75 Å². The van der Waals surface area contributed by atoms with Crippen molar-refractivity contribution in [1.82, 2.24) is 0 Å².